The minimum atomic E-state index is -0.0806. The molecule has 28 heavy (non-hydrogen) atoms. The van der Waals surface area contributed by atoms with Crippen LogP contribution in [0.5, 0.6) is 0 Å². The van der Waals surface area contributed by atoms with Crippen molar-refractivity contribution in [3.8, 4) is 0 Å². The van der Waals surface area contributed by atoms with Gasteiger partial charge in [0.05, 0.1) is 0 Å². The summed E-state index contributed by atoms with van der Waals surface area (Å²) in [5.41, 5.74) is 1.93. The Kier molecular flexibility index (Phi) is 7.00. The first-order valence-electron chi connectivity index (χ1n) is 9.94. The van der Waals surface area contributed by atoms with Gasteiger partial charge in [-0.3, -0.25) is 9.78 Å². The van der Waals surface area contributed by atoms with E-state index in [0.717, 1.165) is 24.1 Å². The largest absolute Gasteiger partial charge is 0.338 e. The number of unbranched alkanes of at least 4 members (excludes halogenated alkanes) is 1. The molecule has 0 spiro atoms. The number of benzene rings is 1. The average Bonchev–Trinajstić information content (AvgIpc) is 3.11. The first kappa shape index (κ1) is 19.9. The van der Waals surface area contributed by atoms with Gasteiger partial charge in [-0.2, -0.15) is 0 Å². The molecule has 1 atom stereocenters. The maximum absolute atomic E-state index is 12.7. The molecular formula is C22H28N4O2. The van der Waals surface area contributed by atoms with Crippen LogP contribution in [0, 0.1) is 5.92 Å². The highest BCUT2D eigenvalue weighted by molar-refractivity contribution is 5.95. The number of carbonyl (C=O) groups excluding carboxylic acids is 2. The highest BCUT2D eigenvalue weighted by Crippen LogP contribution is 2.24. The maximum Gasteiger partial charge on any atom is 0.317 e. The topological polar surface area (TPSA) is 65.5 Å². The molecule has 6 heteroatoms. The Balaban J connectivity index is 1.54. The fourth-order valence-electron chi connectivity index (χ4n) is 3.43. The second-order valence-electron chi connectivity index (χ2n) is 7.23. The van der Waals surface area contributed by atoms with Crippen LogP contribution in [-0.4, -0.2) is 41.5 Å². The number of aromatic nitrogens is 1. The monoisotopic (exact) mass is 380 g/mol. The normalized spacial score (nSPS) is 16.2. The maximum atomic E-state index is 12.7. The summed E-state index contributed by atoms with van der Waals surface area (Å²) in [6, 6.07) is 13.5. The van der Waals surface area contributed by atoms with E-state index in [1.165, 1.54) is 0 Å². The lowest BCUT2D eigenvalue weighted by atomic mass is 10.1. The Morgan fingerprint density at radius 3 is 2.79 bits per heavy atom. The van der Waals surface area contributed by atoms with Crippen molar-refractivity contribution < 1.29 is 9.59 Å². The van der Waals surface area contributed by atoms with Crippen molar-refractivity contribution in [3.05, 3.63) is 60.4 Å². The van der Waals surface area contributed by atoms with Gasteiger partial charge in [-0.15, -0.1) is 0 Å². The van der Waals surface area contributed by atoms with E-state index in [4.69, 9.17) is 0 Å². The Morgan fingerprint density at radius 2 is 2.07 bits per heavy atom. The van der Waals surface area contributed by atoms with Crippen molar-refractivity contribution in [1.82, 2.24) is 15.2 Å². The number of rotatable bonds is 8. The number of nitrogens with one attached hydrogen (secondary N) is 1. The van der Waals surface area contributed by atoms with Gasteiger partial charge in [-0.1, -0.05) is 37.6 Å². The minimum absolute atomic E-state index is 0.0806. The van der Waals surface area contributed by atoms with Crippen LogP contribution in [-0.2, 0) is 11.3 Å². The Labute approximate surface area is 166 Å². The third kappa shape index (κ3) is 5.31. The van der Waals surface area contributed by atoms with Gasteiger partial charge in [0.15, 0.2) is 0 Å². The molecule has 1 fully saturated rings. The van der Waals surface area contributed by atoms with Crippen LogP contribution in [0.4, 0.5) is 10.5 Å². The highest BCUT2D eigenvalue weighted by Gasteiger charge is 2.31. The molecule has 1 aliphatic heterocycles. The molecule has 0 aliphatic carbocycles. The van der Waals surface area contributed by atoms with Crippen LogP contribution in [0.3, 0.4) is 0 Å². The lowest BCUT2D eigenvalue weighted by Gasteiger charge is -2.24. The number of hydrogen-bond acceptors (Lipinski definition) is 3. The van der Waals surface area contributed by atoms with E-state index in [0.29, 0.717) is 32.6 Å². The smallest absolute Gasteiger partial charge is 0.317 e. The second-order valence-corrected chi connectivity index (χ2v) is 7.23. The van der Waals surface area contributed by atoms with E-state index < -0.39 is 0 Å². The number of amides is 3. The average molecular weight is 380 g/mol. The summed E-state index contributed by atoms with van der Waals surface area (Å²) in [7, 11) is 0. The predicted octanol–water partition coefficient (Wildman–Crippen LogP) is 3.45. The van der Waals surface area contributed by atoms with Crippen LogP contribution < -0.4 is 10.2 Å². The molecule has 1 aromatic carbocycles. The number of urea groups is 1. The molecular weight excluding hydrogens is 352 g/mol. The molecule has 0 bridgehead atoms. The molecule has 2 aromatic rings. The zero-order valence-electron chi connectivity index (χ0n) is 16.4. The number of carbonyl (C=O) groups is 2. The van der Waals surface area contributed by atoms with Crippen LogP contribution >= 0.6 is 0 Å². The SMILES string of the molecule is CCCCN(Cc1cccnc1)C(=O)NC[C@@H]1CC(=O)N(c2ccccc2)C1. The van der Waals surface area contributed by atoms with E-state index >= 15 is 0 Å². The second kappa shape index (κ2) is 9.88. The molecule has 1 aromatic heterocycles. The third-order valence-corrected chi connectivity index (χ3v) is 4.98. The van der Waals surface area contributed by atoms with E-state index in [9.17, 15) is 9.59 Å². The zero-order valence-corrected chi connectivity index (χ0v) is 16.4. The zero-order chi connectivity index (χ0) is 19.8. The number of nitrogens with zero attached hydrogens (tertiary/aromatic N) is 3. The van der Waals surface area contributed by atoms with Gasteiger partial charge < -0.3 is 15.1 Å². The molecule has 1 saturated heterocycles. The van der Waals surface area contributed by atoms with Gasteiger partial charge in [0, 0.05) is 56.6 Å². The number of pyridine rings is 1. The minimum Gasteiger partial charge on any atom is -0.338 e. The molecule has 0 saturated carbocycles. The lowest BCUT2D eigenvalue weighted by molar-refractivity contribution is -0.117. The van der Waals surface area contributed by atoms with Crippen molar-refractivity contribution in [3.63, 3.8) is 0 Å². The van der Waals surface area contributed by atoms with Crippen molar-refractivity contribution in [1.29, 1.82) is 0 Å². The van der Waals surface area contributed by atoms with Crippen LogP contribution in [0.1, 0.15) is 31.7 Å². The molecule has 1 N–H and O–H groups in total. The molecule has 3 amide bonds. The number of hydrogen-bond donors (Lipinski definition) is 1. The first-order valence-corrected chi connectivity index (χ1v) is 9.94. The fraction of sp³-hybridized carbons (Fsp3) is 0.409. The Bertz CT molecular complexity index is 767. The summed E-state index contributed by atoms with van der Waals surface area (Å²) >= 11 is 0. The van der Waals surface area contributed by atoms with Crippen molar-refractivity contribution in [2.24, 2.45) is 5.92 Å². The number of para-hydroxylation sites is 1. The van der Waals surface area contributed by atoms with E-state index in [1.807, 2.05) is 47.4 Å². The lowest BCUT2D eigenvalue weighted by Crippen LogP contribution is -2.42. The van der Waals surface area contributed by atoms with Gasteiger partial charge in [-0.05, 0) is 30.2 Å². The van der Waals surface area contributed by atoms with Crippen LogP contribution in [0.25, 0.3) is 0 Å². The summed E-state index contributed by atoms with van der Waals surface area (Å²) in [6.07, 6.45) is 5.97. The van der Waals surface area contributed by atoms with Crippen molar-refractivity contribution in [2.75, 3.05) is 24.5 Å². The third-order valence-electron chi connectivity index (χ3n) is 4.98. The summed E-state index contributed by atoms with van der Waals surface area (Å²) in [5, 5.41) is 3.03. The van der Waals surface area contributed by atoms with Crippen LogP contribution in [0.2, 0.25) is 0 Å². The molecule has 6 nitrogen and oxygen atoms in total. The summed E-state index contributed by atoms with van der Waals surface area (Å²) in [4.78, 5) is 32.8. The standard InChI is InChI=1S/C22H28N4O2/c1-2-3-12-25(16-18-8-7-11-23-14-18)22(28)24-15-19-13-21(27)26(17-19)20-9-5-4-6-10-20/h4-11,14,19H,2-3,12-13,15-17H2,1H3,(H,24,28)/t19-/m0/s1. The molecule has 1 aliphatic rings. The molecule has 0 unspecified atom stereocenters. The molecule has 0 radical (unpaired) electrons. The van der Waals surface area contributed by atoms with E-state index in [1.54, 1.807) is 17.3 Å². The van der Waals surface area contributed by atoms with Crippen molar-refractivity contribution in [2.45, 2.75) is 32.7 Å². The van der Waals surface area contributed by atoms with Gasteiger partial charge in [-0.25, -0.2) is 4.79 Å². The predicted molar refractivity (Wildman–Crippen MR) is 110 cm³/mol. The van der Waals surface area contributed by atoms with E-state index in [2.05, 4.69) is 17.2 Å². The Hall–Kier alpha value is -2.89. The molecule has 148 valence electrons. The quantitative estimate of drug-likeness (QED) is 0.763. The molecule has 2 heterocycles. The van der Waals surface area contributed by atoms with E-state index in [-0.39, 0.29) is 17.9 Å². The van der Waals surface area contributed by atoms with Crippen molar-refractivity contribution >= 4 is 17.6 Å². The molecule has 3 rings (SSSR count). The van der Waals surface area contributed by atoms with Crippen LogP contribution in [0.15, 0.2) is 54.9 Å². The van der Waals surface area contributed by atoms with Gasteiger partial charge in [0.25, 0.3) is 0 Å². The number of anilines is 1. The summed E-state index contributed by atoms with van der Waals surface area (Å²) < 4.78 is 0. The van der Waals surface area contributed by atoms with Gasteiger partial charge in [0.1, 0.15) is 0 Å². The highest BCUT2D eigenvalue weighted by atomic mass is 16.2. The first-order chi connectivity index (χ1) is 13.7. The summed E-state index contributed by atoms with van der Waals surface area (Å²) in [5.74, 6) is 0.242. The van der Waals surface area contributed by atoms with Gasteiger partial charge >= 0.3 is 6.03 Å². The van der Waals surface area contributed by atoms with Gasteiger partial charge in [0.2, 0.25) is 5.91 Å². The summed E-state index contributed by atoms with van der Waals surface area (Å²) in [6.45, 7) is 4.50. The Morgan fingerprint density at radius 1 is 1.25 bits per heavy atom. The fourth-order valence-corrected chi connectivity index (χ4v) is 3.43.